The Morgan fingerprint density at radius 1 is 1.33 bits per heavy atom. The number of aliphatic carboxylic acids is 1. The third kappa shape index (κ3) is 4.65. The summed E-state index contributed by atoms with van der Waals surface area (Å²) in [4.78, 5) is 12.7. The van der Waals surface area contributed by atoms with E-state index in [0.29, 0.717) is 12.5 Å². The molecule has 88 valence electrons. The lowest BCUT2D eigenvalue weighted by atomic mass is 9.87. The third-order valence-corrected chi connectivity index (χ3v) is 3.51. The molecule has 3 heteroatoms. The van der Waals surface area contributed by atoms with E-state index in [0.717, 1.165) is 18.9 Å². The number of carbonyl (C=O) groups is 1. The molecule has 0 atom stereocenters. The summed E-state index contributed by atoms with van der Waals surface area (Å²) in [5, 5.41) is 8.55. The van der Waals surface area contributed by atoms with Crippen LogP contribution >= 0.6 is 0 Å². The Bertz CT molecular complexity index is 198. The molecule has 3 nitrogen and oxygen atoms in total. The van der Waals surface area contributed by atoms with E-state index in [-0.39, 0.29) is 0 Å². The molecule has 0 amide bonds. The van der Waals surface area contributed by atoms with Gasteiger partial charge in [-0.15, -0.1) is 0 Å². The van der Waals surface area contributed by atoms with Crippen molar-refractivity contribution in [2.24, 2.45) is 5.92 Å². The van der Waals surface area contributed by atoms with Gasteiger partial charge in [-0.3, -0.25) is 4.79 Å². The van der Waals surface area contributed by atoms with E-state index in [1.165, 1.54) is 25.7 Å². The van der Waals surface area contributed by atoms with Crippen LogP contribution in [0.4, 0.5) is 0 Å². The van der Waals surface area contributed by atoms with Crippen LogP contribution in [-0.4, -0.2) is 35.6 Å². The molecule has 0 heterocycles. The molecule has 0 bridgehead atoms. The Morgan fingerprint density at radius 2 is 1.93 bits per heavy atom. The number of hydrogen-bond acceptors (Lipinski definition) is 2. The van der Waals surface area contributed by atoms with Crippen LogP contribution in [-0.2, 0) is 4.79 Å². The summed E-state index contributed by atoms with van der Waals surface area (Å²) < 4.78 is 0. The van der Waals surface area contributed by atoms with E-state index in [1.807, 2.05) is 0 Å². The highest BCUT2D eigenvalue weighted by atomic mass is 16.4. The van der Waals surface area contributed by atoms with Crippen molar-refractivity contribution in [2.75, 3.05) is 13.6 Å². The van der Waals surface area contributed by atoms with Gasteiger partial charge in [-0.2, -0.15) is 0 Å². The molecule has 0 spiro atoms. The van der Waals surface area contributed by atoms with E-state index >= 15 is 0 Å². The third-order valence-electron chi connectivity index (χ3n) is 3.51. The molecular weight excluding hydrogens is 190 g/mol. The molecule has 0 aromatic carbocycles. The van der Waals surface area contributed by atoms with Crippen LogP contribution in [0, 0.1) is 5.92 Å². The van der Waals surface area contributed by atoms with Crippen LogP contribution in [0.2, 0.25) is 0 Å². The first kappa shape index (κ1) is 12.5. The van der Waals surface area contributed by atoms with E-state index in [2.05, 4.69) is 18.9 Å². The second kappa shape index (κ2) is 6.11. The zero-order valence-corrected chi connectivity index (χ0v) is 9.91. The van der Waals surface area contributed by atoms with Crippen molar-refractivity contribution in [2.45, 2.75) is 51.5 Å². The summed E-state index contributed by atoms with van der Waals surface area (Å²) in [6.07, 6.45) is 6.29. The molecule has 1 fully saturated rings. The zero-order valence-electron chi connectivity index (χ0n) is 9.91. The summed E-state index contributed by atoms with van der Waals surface area (Å²) in [5.41, 5.74) is 0. The molecule has 1 N–H and O–H groups in total. The summed E-state index contributed by atoms with van der Waals surface area (Å²) in [7, 11) is 2.13. The van der Waals surface area contributed by atoms with Gasteiger partial charge < -0.3 is 10.0 Å². The van der Waals surface area contributed by atoms with Gasteiger partial charge in [0.15, 0.2) is 0 Å². The Kier molecular flexibility index (Phi) is 5.09. The lowest BCUT2D eigenvalue weighted by Crippen LogP contribution is -2.35. The van der Waals surface area contributed by atoms with Crippen molar-refractivity contribution < 1.29 is 9.90 Å². The number of carboxylic acid groups (broad SMARTS) is 1. The second-order valence-electron chi connectivity index (χ2n) is 4.89. The lowest BCUT2D eigenvalue weighted by Gasteiger charge is -2.33. The number of carboxylic acids is 1. The Balaban J connectivity index is 2.16. The molecule has 0 aliphatic heterocycles. The highest BCUT2D eigenvalue weighted by molar-refractivity contribution is 5.66. The van der Waals surface area contributed by atoms with Crippen molar-refractivity contribution in [3.8, 4) is 0 Å². The van der Waals surface area contributed by atoms with Crippen LogP contribution < -0.4 is 0 Å². The average Bonchev–Trinajstić information content (AvgIpc) is 2.18. The minimum absolute atomic E-state index is 0.299. The fourth-order valence-electron chi connectivity index (χ4n) is 2.35. The minimum atomic E-state index is -0.680. The van der Waals surface area contributed by atoms with Gasteiger partial charge in [-0.25, -0.2) is 0 Å². The van der Waals surface area contributed by atoms with E-state index in [1.54, 1.807) is 0 Å². The molecule has 0 aromatic rings. The molecular formula is C12H23NO2. The zero-order chi connectivity index (χ0) is 11.3. The summed E-state index contributed by atoms with van der Waals surface area (Å²) >= 11 is 0. The van der Waals surface area contributed by atoms with Crippen LogP contribution in [0.25, 0.3) is 0 Å². The number of nitrogens with zero attached hydrogens (tertiary/aromatic N) is 1. The van der Waals surface area contributed by atoms with Gasteiger partial charge in [-0.05, 0) is 51.6 Å². The maximum absolute atomic E-state index is 10.4. The van der Waals surface area contributed by atoms with Crippen LogP contribution in [0.1, 0.15) is 45.4 Å². The second-order valence-corrected chi connectivity index (χ2v) is 4.89. The van der Waals surface area contributed by atoms with Crippen molar-refractivity contribution in [1.29, 1.82) is 0 Å². The van der Waals surface area contributed by atoms with Crippen molar-refractivity contribution >= 4 is 5.97 Å². The maximum atomic E-state index is 10.4. The maximum Gasteiger partial charge on any atom is 0.303 e. The quantitative estimate of drug-likeness (QED) is 0.762. The SMILES string of the molecule is CC1CCC(N(C)CCCC(=O)O)CC1. The number of rotatable bonds is 5. The monoisotopic (exact) mass is 213 g/mol. The number of hydrogen-bond donors (Lipinski definition) is 1. The van der Waals surface area contributed by atoms with Crippen LogP contribution in [0.15, 0.2) is 0 Å². The fraction of sp³-hybridized carbons (Fsp3) is 0.917. The molecule has 1 saturated carbocycles. The Labute approximate surface area is 92.5 Å². The van der Waals surface area contributed by atoms with Crippen LogP contribution in [0.5, 0.6) is 0 Å². The Hall–Kier alpha value is -0.570. The van der Waals surface area contributed by atoms with E-state index in [4.69, 9.17) is 5.11 Å². The summed E-state index contributed by atoms with van der Waals surface area (Å²) in [6, 6.07) is 0.690. The van der Waals surface area contributed by atoms with Crippen molar-refractivity contribution in [3.05, 3.63) is 0 Å². The molecule has 1 aliphatic carbocycles. The fourth-order valence-corrected chi connectivity index (χ4v) is 2.35. The normalized spacial score (nSPS) is 26.9. The van der Waals surface area contributed by atoms with Gasteiger partial charge >= 0.3 is 5.97 Å². The molecule has 15 heavy (non-hydrogen) atoms. The smallest absolute Gasteiger partial charge is 0.303 e. The van der Waals surface area contributed by atoms with Gasteiger partial charge in [-0.1, -0.05) is 6.92 Å². The van der Waals surface area contributed by atoms with Gasteiger partial charge in [0.05, 0.1) is 0 Å². The predicted molar refractivity (Wildman–Crippen MR) is 60.9 cm³/mol. The van der Waals surface area contributed by atoms with Gasteiger partial charge in [0.1, 0.15) is 0 Å². The highest BCUT2D eigenvalue weighted by Gasteiger charge is 2.21. The van der Waals surface area contributed by atoms with Gasteiger partial charge in [0, 0.05) is 12.5 Å². The van der Waals surface area contributed by atoms with Crippen LogP contribution in [0.3, 0.4) is 0 Å². The van der Waals surface area contributed by atoms with E-state index < -0.39 is 5.97 Å². The minimum Gasteiger partial charge on any atom is -0.481 e. The largest absolute Gasteiger partial charge is 0.481 e. The first-order chi connectivity index (χ1) is 7.09. The van der Waals surface area contributed by atoms with Crippen molar-refractivity contribution in [1.82, 2.24) is 4.90 Å². The first-order valence-corrected chi connectivity index (χ1v) is 6.01. The lowest BCUT2D eigenvalue weighted by molar-refractivity contribution is -0.137. The Morgan fingerprint density at radius 3 is 2.47 bits per heavy atom. The average molecular weight is 213 g/mol. The topological polar surface area (TPSA) is 40.5 Å². The summed E-state index contributed by atoms with van der Waals surface area (Å²) in [5.74, 6) is 0.203. The van der Waals surface area contributed by atoms with E-state index in [9.17, 15) is 4.79 Å². The molecule has 0 aromatic heterocycles. The molecule has 0 saturated heterocycles. The highest BCUT2D eigenvalue weighted by Crippen LogP contribution is 2.26. The standard InChI is InChI=1S/C12H23NO2/c1-10-5-7-11(8-6-10)13(2)9-3-4-12(14)15/h10-11H,3-9H2,1-2H3,(H,14,15). The molecule has 1 aliphatic rings. The van der Waals surface area contributed by atoms with Gasteiger partial charge in [0.2, 0.25) is 0 Å². The van der Waals surface area contributed by atoms with Gasteiger partial charge in [0.25, 0.3) is 0 Å². The first-order valence-electron chi connectivity index (χ1n) is 6.01. The molecule has 0 radical (unpaired) electrons. The van der Waals surface area contributed by atoms with Crippen molar-refractivity contribution in [3.63, 3.8) is 0 Å². The summed E-state index contributed by atoms with van der Waals surface area (Å²) in [6.45, 7) is 3.24. The molecule has 0 unspecified atom stereocenters. The molecule has 1 rings (SSSR count). The predicted octanol–water partition coefficient (Wildman–Crippen LogP) is 2.36.